The maximum Gasteiger partial charge on any atom is 0.111 e. The van der Waals surface area contributed by atoms with Crippen molar-refractivity contribution < 1.29 is 4.74 Å². The third-order valence-corrected chi connectivity index (χ3v) is 2.91. The molecular formula is C10H15N3O. The molecule has 0 spiro atoms. The highest BCUT2D eigenvalue weighted by Gasteiger charge is 2.27. The van der Waals surface area contributed by atoms with Crippen molar-refractivity contribution in [2.45, 2.75) is 44.2 Å². The molecule has 4 nitrogen and oxygen atoms in total. The topological polar surface area (TPSA) is 39.9 Å². The van der Waals surface area contributed by atoms with Gasteiger partial charge in [-0.2, -0.15) is 15.0 Å². The molecule has 0 amide bonds. The fraction of sp³-hybridized carbons (Fsp3) is 0.800. The Morgan fingerprint density at radius 3 is 2.93 bits per heavy atom. The molecule has 1 saturated heterocycles. The smallest absolute Gasteiger partial charge is 0.111 e. The van der Waals surface area contributed by atoms with E-state index in [0.717, 1.165) is 18.7 Å². The van der Waals surface area contributed by atoms with Crippen LogP contribution in [0.4, 0.5) is 0 Å². The van der Waals surface area contributed by atoms with Gasteiger partial charge in [-0.05, 0) is 32.1 Å². The van der Waals surface area contributed by atoms with Crippen LogP contribution < -0.4 is 0 Å². The normalized spacial score (nSPS) is 27.9. The SMILES string of the molecule is c1nn(C2CC2)nc1C1CCCCO1. The van der Waals surface area contributed by atoms with Crippen LogP contribution >= 0.6 is 0 Å². The van der Waals surface area contributed by atoms with Gasteiger partial charge in [-0.1, -0.05) is 0 Å². The summed E-state index contributed by atoms with van der Waals surface area (Å²) in [6.07, 6.45) is 8.08. The molecule has 76 valence electrons. The second-order valence-electron chi connectivity index (χ2n) is 4.18. The average Bonchev–Trinajstić information content (AvgIpc) is 2.98. The Morgan fingerprint density at radius 1 is 1.29 bits per heavy atom. The number of rotatable bonds is 2. The molecule has 1 aromatic rings. The minimum atomic E-state index is 0.205. The number of hydrogen-bond donors (Lipinski definition) is 0. The minimum Gasteiger partial charge on any atom is -0.372 e. The summed E-state index contributed by atoms with van der Waals surface area (Å²) in [6, 6.07) is 0.576. The molecule has 2 heterocycles. The van der Waals surface area contributed by atoms with E-state index in [2.05, 4.69) is 10.2 Å². The van der Waals surface area contributed by atoms with Gasteiger partial charge in [-0.3, -0.25) is 0 Å². The Balaban J connectivity index is 1.74. The second-order valence-corrected chi connectivity index (χ2v) is 4.18. The van der Waals surface area contributed by atoms with Gasteiger partial charge in [0.25, 0.3) is 0 Å². The summed E-state index contributed by atoms with van der Waals surface area (Å²) >= 11 is 0. The molecule has 2 fully saturated rings. The van der Waals surface area contributed by atoms with Crippen molar-refractivity contribution in [3.63, 3.8) is 0 Å². The Hall–Kier alpha value is -0.900. The van der Waals surface area contributed by atoms with Crippen LogP contribution in [0.5, 0.6) is 0 Å². The van der Waals surface area contributed by atoms with Crippen molar-refractivity contribution in [1.29, 1.82) is 0 Å². The van der Waals surface area contributed by atoms with E-state index < -0.39 is 0 Å². The van der Waals surface area contributed by atoms with E-state index in [1.54, 1.807) is 0 Å². The van der Waals surface area contributed by atoms with Gasteiger partial charge in [0.15, 0.2) is 0 Å². The van der Waals surface area contributed by atoms with Crippen molar-refractivity contribution in [2.24, 2.45) is 0 Å². The summed E-state index contributed by atoms with van der Waals surface area (Å²) in [5.41, 5.74) is 1.02. The van der Waals surface area contributed by atoms with Crippen molar-refractivity contribution in [2.75, 3.05) is 6.61 Å². The largest absolute Gasteiger partial charge is 0.372 e. The van der Waals surface area contributed by atoms with Crippen molar-refractivity contribution in [3.8, 4) is 0 Å². The predicted molar refractivity (Wildman–Crippen MR) is 50.8 cm³/mol. The van der Waals surface area contributed by atoms with E-state index in [4.69, 9.17) is 4.74 Å². The summed E-state index contributed by atoms with van der Waals surface area (Å²) < 4.78 is 5.66. The first-order chi connectivity index (χ1) is 6.93. The van der Waals surface area contributed by atoms with Crippen LogP contribution in [0.3, 0.4) is 0 Å². The molecule has 4 heteroatoms. The van der Waals surface area contributed by atoms with Crippen LogP contribution in [-0.2, 0) is 4.74 Å². The zero-order valence-corrected chi connectivity index (χ0v) is 8.22. The third-order valence-electron chi connectivity index (χ3n) is 2.91. The monoisotopic (exact) mass is 193 g/mol. The van der Waals surface area contributed by atoms with Crippen LogP contribution in [-0.4, -0.2) is 21.6 Å². The molecule has 0 N–H and O–H groups in total. The van der Waals surface area contributed by atoms with E-state index in [0.29, 0.717) is 6.04 Å². The molecule has 0 aromatic carbocycles. The Kier molecular flexibility index (Phi) is 2.01. The van der Waals surface area contributed by atoms with E-state index in [1.165, 1.54) is 25.7 Å². The Morgan fingerprint density at radius 2 is 2.21 bits per heavy atom. The fourth-order valence-electron chi connectivity index (χ4n) is 1.89. The molecule has 1 aliphatic carbocycles. The summed E-state index contributed by atoms with van der Waals surface area (Å²) in [4.78, 5) is 1.85. The van der Waals surface area contributed by atoms with E-state index in [9.17, 15) is 0 Å². The molecule has 1 atom stereocenters. The summed E-state index contributed by atoms with van der Waals surface area (Å²) in [5, 5.41) is 8.76. The van der Waals surface area contributed by atoms with Gasteiger partial charge in [0.05, 0.1) is 12.2 Å². The lowest BCUT2D eigenvalue weighted by Crippen LogP contribution is -2.12. The highest BCUT2D eigenvalue weighted by atomic mass is 16.5. The minimum absolute atomic E-state index is 0.205. The highest BCUT2D eigenvalue weighted by Crippen LogP contribution is 2.34. The summed E-state index contributed by atoms with van der Waals surface area (Å²) in [5.74, 6) is 0. The maximum atomic E-state index is 5.66. The lowest BCUT2D eigenvalue weighted by atomic mass is 10.1. The zero-order valence-electron chi connectivity index (χ0n) is 8.22. The van der Waals surface area contributed by atoms with Crippen LogP contribution in [0.15, 0.2) is 6.20 Å². The maximum absolute atomic E-state index is 5.66. The van der Waals surface area contributed by atoms with Gasteiger partial charge in [0.1, 0.15) is 11.8 Å². The van der Waals surface area contributed by atoms with Crippen LogP contribution in [0.1, 0.15) is 49.9 Å². The number of ether oxygens (including phenoxy) is 1. The van der Waals surface area contributed by atoms with E-state index >= 15 is 0 Å². The Labute approximate surface area is 83.2 Å². The lowest BCUT2D eigenvalue weighted by molar-refractivity contribution is 0.0119. The molecule has 1 saturated carbocycles. The van der Waals surface area contributed by atoms with Crippen LogP contribution in [0.25, 0.3) is 0 Å². The molecule has 2 aliphatic rings. The molecule has 1 aliphatic heterocycles. The molecule has 0 bridgehead atoms. The second kappa shape index (κ2) is 3.35. The first-order valence-electron chi connectivity index (χ1n) is 5.47. The van der Waals surface area contributed by atoms with Gasteiger partial charge in [0, 0.05) is 6.61 Å². The average molecular weight is 193 g/mol. The molecule has 1 aromatic heterocycles. The van der Waals surface area contributed by atoms with E-state index in [1.807, 2.05) is 11.0 Å². The van der Waals surface area contributed by atoms with Gasteiger partial charge >= 0.3 is 0 Å². The van der Waals surface area contributed by atoms with Crippen LogP contribution in [0.2, 0.25) is 0 Å². The zero-order chi connectivity index (χ0) is 9.38. The number of hydrogen-bond acceptors (Lipinski definition) is 3. The number of nitrogens with zero attached hydrogens (tertiary/aromatic N) is 3. The third kappa shape index (κ3) is 1.54. The van der Waals surface area contributed by atoms with Gasteiger partial charge in [-0.15, -0.1) is 0 Å². The predicted octanol–water partition coefficient (Wildman–Crippen LogP) is 1.85. The molecular weight excluding hydrogens is 178 g/mol. The van der Waals surface area contributed by atoms with Crippen LogP contribution in [0, 0.1) is 0 Å². The van der Waals surface area contributed by atoms with E-state index in [-0.39, 0.29) is 6.10 Å². The van der Waals surface area contributed by atoms with Crippen molar-refractivity contribution >= 4 is 0 Å². The quantitative estimate of drug-likeness (QED) is 0.719. The first-order valence-corrected chi connectivity index (χ1v) is 5.47. The number of aromatic nitrogens is 3. The summed E-state index contributed by atoms with van der Waals surface area (Å²) in [7, 11) is 0. The Bertz CT molecular complexity index is 313. The van der Waals surface area contributed by atoms with Gasteiger partial charge < -0.3 is 4.74 Å². The first kappa shape index (κ1) is 8.41. The molecule has 3 rings (SSSR count). The fourth-order valence-corrected chi connectivity index (χ4v) is 1.89. The lowest BCUT2D eigenvalue weighted by Gasteiger charge is -2.20. The van der Waals surface area contributed by atoms with Crippen molar-refractivity contribution in [3.05, 3.63) is 11.9 Å². The standard InChI is InChI=1S/C10H15N3O/c1-2-6-14-10(3-1)9-7-11-13(12-9)8-4-5-8/h7-8,10H,1-6H2. The molecule has 0 radical (unpaired) electrons. The van der Waals surface area contributed by atoms with Crippen molar-refractivity contribution in [1.82, 2.24) is 15.0 Å². The molecule has 1 unspecified atom stereocenters. The van der Waals surface area contributed by atoms with Gasteiger partial charge in [0.2, 0.25) is 0 Å². The highest BCUT2D eigenvalue weighted by molar-refractivity contribution is 4.99. The molecule has 14 heavy (non-hydrogen) atoms. The summed E-state index contributed by atoms with van der Waals surface area (Å²) in [6.45, 7) is 0.876. The van der Waals surface area contributed by atoms with Gasteiger partial charge in [-0.25, -0.2) is 0 Å².